The zero-order valence-corrected chi connectivity index (χ0v) is 6.03. The first-order valence-electron chi connectivity index (χ1n) is 2.77. The van der Waals surface area contributed by atoms with Crippen molar-refractivity contribution in [2.75, 3.05) is 0 Å². The maximum Gasteiger partial charge on any atom is 0.265 e. The highest BCUT2D eigenvalue weighted by molar-refractivity contribution is 6.31. The summed E-state index contributed by atoms with van der Waals surface area (Å²) in [5.41, 5.74) is -1.01. The molecule has 5 heteroatoms. The molecule has 0 aliphatic rings. The molecule has 0 fully saturated rings. The Morgan fingerprint density at radius 1 is 1.55 bits per heavy atom. The maximum atomic E-state index is 12.0. The van der Waals surface area contributed by atoms with Crippen LogP contribution in [-0.4, -0.2) is 4.98 Å². The number of H-pyrrole nitrogens is 1. The Hall–Kier alpha value is -0.900. The molecule has 0 saturated heterocycles. The van der Waals surface area contributed by atoms with E-state index in [2.05, 4.69) is 4.98 Å². The Morgan fingerprint density at radius 3 is 2.64 bits per heavy atom. The second kappa shape index (κ2) is 3.00. The Balaban J connectivity index is 3.23. The third kappa shape index (κ3) is 1.77. The SMILES string of the molecule is O=c1cc(C(F)F)c(Cl)c[nH]1. The van der Waals surface area contributed by atoms with Crippen LogP contribution in [0.3, 0.4) is 0 Å². The van der Waals surface area contributed by atoms with Gasteiger partial charge >= 0.3 is 0 Å². The van der Waals surface area contributed by atoms with Gasteiger partial charge in [0.2, 0.25) is 5.56 Å². The van der Waals surface area contributed by atoms with Gasteiger partial charge in [0.25, 0.3) is 6.43 Å². The summed E-state index contributed by atoms with van der Waals surface area (Å²) in [4.78, 5) is 12.7. The van der Waals surface area contributed by atoms with E-state index in [4.69, 9.17) is 11.6 Å². The summed E-state index contributed by atoms with van der Waals surface area (Å²) in [5.74, 6) is 0. The average molecular weight is 180 g/mol. The van der Waals surface area contributed by atoms with Crippen molar-refractivity contribution in [3.8, 4) is 0 Å². The summed E-state index contributed by atoms with van der Waals surface area (Å²) in [6, 6.07) is 0.785. The van der Waals surface area contributed by atoms with Crippen LogP contribution in [0.2, 0.25) is 5.02 Å². The lowest BCUT2D eigenvalue weighted by Crippen LogP contribution is -2.05. The van der Waals surface area contributed by atoms with Crippen molar-refractivity contribution in [1.82, 2.24) is 4.98 Å². The fraction of sp³-hybridized carbons (Fsp3) is 0.167. The van der Waals surface area contributed by atoms with Crippen LogP contribution in [0.15, 0.2) is 17.1 Å². The predicted octanol–water partition coefficient (Wildman–Crippen LogP) is 1.97. The summed E-state index contributed by atoms with van der Waals surface area (Å²) in [5, 5.41) is -0.125. The van der Waals surface area contributed by atoms with Crippen molar-refractivity contribution in [2.45, 2.75) is 6.43 Å². The molecule has 1 N–H and O–H groups in total. The Kier molecular flexibility index (Phi) is 2.24. The topological polar surface area (TPSA) is 32.9 Å². The summed E-state index contributed by atoms with van der Waals surface area (Å²) in [7, 11) is 0. The predicted molar refractivity (Wildman–Crippen MR) is 37.0 cm³/mol. The smallest absolute Gasteiger partial charge is 0.265 e. The van der Waals surface area contributed by atoms with Gasteiger partial charge in [0.05, 0.1) is 5.02 Å². The van der Waals surface area contributed by atoms with E-state index in [-0.39, 0.29) is 5.02 Å². The van der Waals surface area contributed by atoms with Gasteiger partial charge in [-0.05, 0) is 0 Å². The second-order valence-electron chi connectivity index (χ2n) is 1.90. The van der Waals surface area contributed by atoms with E-state index in [1.54, 1.807) is 0 Å². The number of alkyl halides is 2. The molecule has 0 bridgehead atoms. The van der Waals surface area contributed by atoms with Crippen LogP contribution >= 0.6 is 11.6 Å². The minimum atomic E-state index is -2.70. The van der Waals surface area contributed by atoms with Gasteiger partial charge in [-0.1, -0.05) is 11.6 Å². The number of hydrogen-bond donors (Lipinski definition) is 1. The van der Waals surface area contributed by atoms with Gasteiger partial charge in [-0.15, -0.1) is 0 Å². The van der Waals surface area contributed by atoms with E-state index in [1.165, 1.54) is 0 Å². The highest BCUT2D eigenvalue weighted by Crippen LogP contribution is 2.23. The van der Waals surface area contributed by atoms with Gasteiger partial charge in [-0.3, -0.25) is 4.79 Å². The van der Waals surface area contributed by atoms with Crippen LogP contribution in [0.5, 0.6) is 0 Å². The third-order valence-corrected chi connectivity index (χ3v) is 1.47. The number of rotatable bonds is 1. The number of pyridine rings is 1. The maximum absolute atomic E-state index is 12.0. The van der Waals surface area contributed by atoms with Crippen molar-refractivity contribution in [2.24, 2.45) is 0 Å². The number of nitrogens with one attached hydrogen (secondary N) is 1. The van der Waals surface area contributed by atoms with Crippen LogP contribution in [0.4, 0.5) is 8.78 Å². The van der Waals surface area contributed by atoms with E-state index in [9.17, 15) is 13.6 Å². The molecule has 0 saturated carbocycles. The molecule has 0 unspecified atom stereocenters. The van der Waals surface area contributed by atoms with Gasteiger partial charge in [-0.2, -0.15) is 0 Å². The molecule has 1 aromatic heterocycles. The Bertz CT molecular complexity index is 310. The second-order valence-corrected chi connectivity index (χ2v) is 2.31. The lowest BCUT2D eigenvalue weighted by Gasteiger charge is -1.99. The van der Waals surface area contributed by atoms with Crippen LogP contribution in [-0.2, 0) is 0 Å². The van der Waals surface area contributed by atoms with Gasteiger partial charge in [0, 0.05) is 17.8 Å². The molecule has 0 radical (unpaired) electrons. The first kappa shape index (κ1) is 8.20. The molecule has 0 spiro atoms. The van der Waals surface area contributed by atoms with Crippen molar-refractivity contribution >= 4 is 11.6 Å². The normalized spacial score (nSPS) is 10.5. The molecule has 0 aliphatic carbocycles. The molecule has 0 atom stereocenters. The van der Waals surface area contributed by atoms with Crippen molar-refractivity contribution < 1.29 is 8.78 Å². The zero-order chi connectivity index (χ0) is 8.43. The summed E-state index contributed by atoms with van der Waals surface area (Å²) in [6.07, 6.45) is -1.66. The molecule has 60 valence electrons. The van der Waals surface area contributed by atoms with Gasteiger partial charge < -0.3 is 4.98 Å². The number of hydrogen-bond acceptors (Lipinski definition) is 1. The van der Waals surface area contributed by atoms with Gasteiger partial charge in [0.15, 0.2) is 0 Å². The molecule has 2 nitrogen and oxygen atoms in total. The quantitative estimate of drug-likeness (QED) is 0.703. The number of aromatic amines is 1. The van der Waals surface area contributed by atoms with E-state index >= 15 is 0 Å². The van der Waals surface area contributed by atoms with Crippen LogP contribution in [0, 0.1) is 0 Å². The molecule has 1 heterocycles. The van der Waals surface area contributed by atoms with E-state index < -0.39 is 17.5 Å². The molecular formula is C6H4ClF2NO. The molecule has 1 aromatic rings. The molecule has 0 amide bonds. The van der Waals surface area contributed by atoms with Crippen molar-refractivity contribution in [1.29, 1.82) is 0 Å². The largest absolute Gasteiger partial charge is 0.328 e. The standard InChI is InChI=1S/C6H4ClF2NO/c7-4-2-10-5(11)1-3(4)6(8)9/h1-2,6H,(H,10,11). The lowest BCUT2D eigenvalue weighted by molar-refractivity contribution is 0.151. The van der Waals surface area contributed by atoms with Crippen molar-refractivity contribution in [3.63, 3.8) is 0 Å². The lowest BCUT2D eigenvalue weighted by atomic mass is 10.3. The third-order valence-electron chi connectivity index (χ3n) is 1.14. The molecular weight excluding hydrogens is 176 g/mol. The zero-order valence-electron chi connectivity index (χ0n) is 5.27. The fourth-order valence-electron chi connectivity index (χ4n) is 0.637. The van der Waals surface area contributed by atoms with Crippen LogP contribution < -0.4 is 5.56 Å². The van der Waals surface area contributed by atoms with E-state index in [0.717, 1.165) is 12.3 Å². The first-order valence-corrected chi connectivity index (χ1v) is 3.15. The van der Waals surface area contributed by atoms with Crippen molar-refractivity contribution in [3.05, 3.63) is 33.2 Å². The fourth-order valence-corrected chi connectivity index (χ4v) is 0.828. The monoisotopic (exact) mass is 179 g/mol. The minimum Gasteiger partial charge on any atom is -0.328 e. The Labute approximate surface area is 65.8 Å². The minimum absolute atomic E-state index is 0.125. The highest BCUT2D eigenvalue weighted by atomic mass is 35.5. The average Bonchev–Trinajstić information content (AvgIpc) is 1.94. The molecule has 1 rings (SSSR count). The summed E-state index contributed by atoms with van der Waals surface area (Å²) in [6.45, 7) is 0. The van der Waals surface area contributed by atoms with Gasteiger partial charge in [-0.25, -0.2) is 8.78 Å². The molecule has 0 aliphatic heterocycles. The highest BCUT2D eigenvalue weighted by Gasteiger charge is 2.11. The van der Waals surface area contributed by atoms with E-state index in [0.29, 0.717) is 0 Å². The molecule has 11 heavy (non-hydrogen) atoms. The number of halogens is 3. The van der Waals surface area contributed by atoms with Crippen LogP contribution in [0.25, 0.3) is 0 Å². The van der Waals surface area contributed by atoms with Gasteiger partial charge in [0.1, 0.15) is 0 Å². The number of aromatic nitrogens is 1. The van der Waals surface area contributed by atoms with E-state index in [1.807, 2.05) is 0 Å². The summed E-state index contributed by atoms with van der Waals surface area (Å²) >= 11 is 5.34. The van der Waals surface area contributed by atoms with Crippen LogP contribution in [0.1, 0.15) is 12.0 Å². The molecule has 0 aromatic carbocycles. The Morgan fingerprint density at radius 2 is 2.18 bits per heavy atom. The summed E-state index contributed by atoms with van der Waals surface area (Å²) < 4.78 is 23.9. The first-order chi connectivity index (χ1) is 5.11.